The summed E-state index contributed by atoms with van der Waals surface area (Å²) in [6.07, 6.45) is 0. The molecule has 0 saturated carbocycles. The van der Waals surface area contributed by atoms with Crippen molar-refractivity contribution in [3.63, 3.8) is 0 Å². The fourth-order valence-corrected chi connectivity index (χ4v) is 2.46. The van der Waals surface area contributed by atoms with Crippen molar-refractivity contribution in [2.24, 2.45) is 0 Å². The molecule has 1 aromatic rings. The maximum absolute atomic E-state index is 6.10. The van der Waals surface area contributed by atoms with Gasteiger partial charge in [0.1, 0.15) is 5.15 Å². The molecule has 0 amide bonds. The molecule has 0 fully saturated rings. The van der Waals surface area contributed by atoms with Gasteiger partial charge in [-0.3, -0.25) is 0 Å². The van der Waals surface area contributed by atoms with Gasteiger partial charge >= 0.3 is 0 Å². The second-order valence-electron chi connectivity index (χ2n) is 5.61. The number of nitrogens with zero attached hydrogens (tertiary/aromatic N) is 1. The zero-order valence-corrected chi connectivity index (χ0v) is 14.3. The lowest BCUT2D eigenvalue weighted by atomic mass is 10.2. The normalized spacial score (nSPS) is 12.9. The molecule has 0 aliphatic heterocycles. The van der Waals surface area contributed by atoms with Crippen LogP contribution < -0.4 is 0 Å². The summed E-state index contributed by atoms with van der Waals surface area (Å²) in [5.74, 6) is 0. The molecule has 0 saturated heterocycles. The number of hydrogen-bond acceptors (Lipinski definition) is 2. The molecule has 0 N–H and O–H groups in total. The first-order valence-electron chi connectivity index (χ1n) is 5.58. The Morgan fingerprint density at radius 1 is 1.35 bits per heavy atom. The Morgan fingerprint density at radius 2 is 1.94 bits per heavy atom. The summed E-state index contributed by atoms with van der Waals surface area (Å²) in [6, 6.07) is 3.67. The van der Waals surface area contributed by atoms with Gasteiger partial charge in [0.15, 0.2) is 8.32 Å². The Hall–Kier alpha value is 0.0969. The lowest BCUT2D eigenvalue weighted by Crippen LogP contribution is -2.40. The fourth-order valence-electron chi connectivity index (χ4n) is 1.02. The van der Waals surface area contributed by atoms with Crippen LogP contribution in [0, 0.1) is 0 Å². The van der Waals surface area contributed by atoms with Gasteiger partial charge in [0.25, 0.3) is 0 Å². The molecule has 2 nitrogen and oxygen atoms in total. The summed E-state index contributed by atoms with van der Waals surface area (Å²) in [4.78, 5) is 4.27. The van der Waals surface area contributed by atoms with Crippen LogP contribution >= 0.6 is 27.5 Å². The van der Waals surface area contributed by atoms with Gasteiger partial charge in [0.05, 0.1) is 12.3 Å². The minimum atomic E-state index is -1.73. The summed E-state index contributed by atoms with van der Waals surface area (Å²) < 4.78 is 7.05. The quantitative estimate of drug-likeness (QED) is 0.571. The average molecular weight is 337 g/mol. The van der Waals surface area contributed by atoms with Crippen molar-refractivity contribution >= 4 is 35.8 Å². The van der Waals surface area contributed by atoms with Crippen molar-refractivity contribution in [1.29, 1.82) is 0 Å². The maximum Gasteiger partial charge on any atom is 0.192 e. The van der Waals surface area contributed by atoms with E-state index in [4.69, 9.17) is 16.0 Å². The molecule has 0 aromatic carbocycles. The van der Waals surface area contributed by atoms with Gasteiger partial charge in [-0.05, 0) is 46.2 Å². The number of hydrogen-bond donors (Lipinski definition) is 0. The van der Waals surface area contributed by atoms with Crippen LogP contribution in [0.3, 0.4) is 0 Å². The Bertz CT molecular complexity index is 404. The lowest BCUT2D eigenvalue weighted by molar-refractivity contribution is 0.271. The highest BCUT2D eigenvalue weighted by Crippen LogP contribution is 2.37. The van der Waals surface area contributed by atoms with Crippen LogP contribution in [0.25, 0.3) is 0 Å². The summed E-state index contributed by atoms with van der Waals surface area (Å²) in [7, 11) is -1.73. The van der Waals surface area contributed by atoms with Gasteiger partial charge in [-0.25, -0.2) is 4.98 Å². The monoisotopic (exact) mass is 335 g/mol. The van der Waals surface area contributed by atoms with Crippen LogP contribution in [0.5, 0.6) is 0 Å². The highest BCUT2D eigenvalue weighted by atomic mass is 79.9. The zero-order chi connectivity index (χ0) is 13.3. The van der Waals surface area contributed by atoms with E-state index in [2.05, 4.69) is 54.8 Å². The molecule has 0 spiro atoms. The van der Waals surface area contributed by atoms with Gasteiger partial charge in [-0.15, -0.1) is 0 Å². The lowest BCUT2D eigenvalue weighted by Gasteiger charge is -2.36. The third kappa shape index (κ3) is 4.05. The Labute approximate surface area is 118 Å². The Balaban J connectivity index is 2.77. The standard InChI is InChI=1S/C12H19BrClNOSi/c1-12(2,3)17(4,5)16-8-10-9(13)6-7-11(14)15-10/h6-7H,8H2,1-5H3. The number of aromatic nitrogens is 1. The molecule has 0 aliphatic carbocycles. The first-order valence-corrected chi connectivity index (χ1v) is 9.66. The molecule has 0 atom stereocenters. The predicted molar refractivity (Wildman–Crippen MR) is 78.9 cm³/mol. The maximum atomic E-state index is 6.10. The fraction of sp³-hybridized carbons (Fsp3) is 0.583. The van der Waals surface area contributed by atoms with Crippen molar-refractivity contribution in [1.82, 2.24) is 4.98 Å². The van der Waals surface area contributed by atoms with E-state index in [9.17, 15) is 0 Å². The largest absolute Gasteiger partial charge is 0.411 e. The molecule has 1 rings (SSSR count). The molecule has 0 aliphatic rings. The van der Waals surface area contributed by atoms with Crippen molar-refractivity contribution in [3.05, 3.63) is 27.5 Å². The molecule has 1 heterocycles. The summed E-state index contributed by atoms with van der Waals surface area (Å²) >= 11 is 9.34. The smallest absolute Gasteiger partial charge is 0.192 e. The zero-order valence-electron chi connectivity index (χ0n) is 11.0. The highest BCUT2D eigenvalue weighted by molar-refractivity contribution is 9.10. The summed E-state index contributed by atoms with van der Waals surface area (Å²) in [6.45, 7) is 11.6. The number of halogens is 2. The van der Waals surface area contributed by atoms with E-state index in [-0.39, 0.29) is 5.04 Å². The van der Waals surface area contributed by atoms with Crippen molar-refractivity contribution in [2.45, 2.75) is 45.5 Å². The number of rotatable bonds is 3. The topological polar surface area (TPSA) is 22.1 Å². The van der Waals surface area contributed by atoms with Gasteiger partial charge in [-0.1, -0.05) is 32.4 Å². The van der Waals surface area contributed by atoms with E-state index in [1.165, 1.54) is 0 Å². The van der Waals surface area contributed by atoms with Crippen LogP contribution in [-0.2, 0) is 11.0 Å². The molecular formula is C12H19BrClNOSi. The number of pyridine rings is 1. The summed E-state index contributed by atoms with van der Waals surface area (Å²) in [5.41, 5.74) is 0.863. The molecule has 1 aromatic heterocycles. The van der Waals surface area contributed by atoms with E-state index < -0.39 is 8.32 Å². The third-order valence-electron chi connectivity index (χ3n) is 3.26. The molecule has 0 unspecified atom stereocenters. The molecule has 17 heavy (non-hydrogen) atoms. The molecule has 5 heteroatoms. The van der Waals surface area contributed by atoms with Gasteiger partial charge < -0.3 is 4.43 Å². The van der Waals surface area contributed by atoms with E-state index in [0.29, 0.717) is 11.8 Å². The van der Waals surface area contributed by atoms with Crippen molar-refractivity contribution in [3.8, 4) is 0 Å². The van der Waals surface area contributed by atoms with Gasteiger partial charge in [-0.2, -0.15) is 0 Å². The average Bonchev–Trinajstić information content (AvgIpc) is 2.18. The predicted octanol–water partition coefficient (Wildman–Crippen LogP) is 5.02. The second kappa shape index (κ2) is 5.39. The Kier molecular flexibility index (Phi) is 4.80. The highest BCUT2D eigenvalue weighted by Gasteiger charge is 2.37. The van der Waals surface area contributed by atoms with Crippen LogP contribution in [0.15, 0.2) is 16.6 Å². The van der Waals surface area contributed by atoms with Crippen LogP contribution in [0.2, 0.25) is 23.3 Å². The minimum Gasteiger partial charge on any atom is -0.411 e. The SMILES string of the molecule is CC(C)(C)[Si](C)(C)OCc1nc(Cl)ccc1Br. The van der Waals surface area contributed by atoms with Gasteiger partial charge in [0.2, 0.25) is 0 Å². The Morgan fingerprint density at radius 3 is 2.47 bits per heavy atom. The summed E-state index contributed by atoms with van der Waals surface area (Å²) in [5, 5.41) is 0.708. The van der Waals surface area contributed by atoms with Crippen LogP contribution in [0.1, 0.15) is 26.5 Å². The minimum absolute atomic E-state index is 0.206. The second-order valence-corrected chi connectivity index (χ2v) is 11.7. The van der Waals surface area contributed by atoms with E-state index in [0.717, 1.165) is 10.2 Å². The van der Waals surface area contributed by atoms with E-state index in [1.807, 2.05) is 6.07 Å². The van der Waals surface area contributed by atoms with Crippen LogP contribution in [0.4, 0.5) is 0 Å². The van der Waals surface area contributed by atoms with Crippen LogP contribution in [-0.4, -0.2) is 13.3 Å². The van der Waals surface area contributed by atoms with Crippen molar-refractivity contribution < 1.29 is 4.43 Å². The van der Waals surface area contributed by atoms with E-state index >= 15 is 0 Å². The molecule has 96 valence electrons. The molecule has 0 bridgehead atoms. The van der Waals surface area contributed by atoms with E-state index in [1.54, 1.807) is 6.07 Å². The molecule has 0 radical (unpaired) electrons. The molecular weight excluding hydrogens is 318 g/mol. The van der Waals surface area contributed by atoms with Gasteiger partial charge in [0, 0.05) is 4.47 Å². The first kappa shape index (κ1) is 15.2. The third-order valence-corrected chi connectivity index (χ3v) is 8.67. The van der Waals surface area contributed by atoms with Crippen molar-refractivity contribution in [2.75, 3.05) is 0 Å². The first-order chi connectivity index (χ1) is 7.63.